The third-order valence-corrected chi connectivity index (χ3v) is 1.95. The SMILES string of the molecule is Cn1cnc2cc(/C(N)=N\O)cnc21. The summed E-state index contributed by atoms with van der Waals surface area (Å²) < 4.78 is 1.80. The maximum absolute atomic E-state index is 8.48. The number of aromatic nitrogens is 3. The van der Waals surface area contributed by atoms with E-state index >= 15 is 0 Å². The van der Waals surface area contributed by atoms with Crippen molar-refractivity contribution in [3.8, 4) is 0 Å². The highest BCUT2D eigenvalue weighted by molar-refractivity contribution is 5.98. The lowest BCUT2D eigenvalue weighted by Crippen LogP contribution is -2.13. The van der Waals surface area contributed by atoms with E-state index in [9.17, 15) is 0 Å². The zero-order valence-corrected chi connectivity index (χ0v) is 7.55. The highest BCUT2D eigenvalue weighted by Crippen LogP contribution is 2.10. The second kappa shape index (κ2) is 2.99. The van der Waals surface area contributed by atoms with E-state index in [0.29, 0.717) is 5.56 Å². The second-order valence-electron chi connectivity index (χ2n) is 2.91. The van der Waals surface area contributed by atoms with Gasteiger partial charge in [0.1, 0.15) is 5.52 Å². The number of hydrogen-bond acceptors (Lipinski definition) is 4. The summed E-state index contributed by atoms with van der Waals surface area (Å²) in [7, 11) is 1.85. The summed E-state index contributed by atoms with van der Waals surface area (Å²) in [5, 5.41) is 11.4. The van der Waals surface area contributed by atoms with Gasteiger partial charge in [-0.3, -0.25) is 0 Å². The number of fused-ring (bicyclic) bond motifs is 1. The van der Waals surface area contributed by atoms with Crippen molar-refractivity contribution in [2.24, 2.45) is 17.9 Å². The molecule has 2 aromatic rings. The van der Waals surface area contributed by atoms with Crippen molar-refractivity contribution in [2.75, 3.05) is 0 Å². The van der Waals surface area contributed by atoms with Crippen LogP contribution in [0.4, 0.5) is 0 Å². The molecule has 0 aliphatic rings. The molecule has 0 unspecified atom stereocenters. The molecule has 2 heterocycles. The molecule has 3 N–H and O–H groups in total. The number of imidazole rings is 1. The predicted octanol–water partition coefficient (Wildman–Crippen LogP) is 0.0628. The van der Waals surface area contributed by atoms with Crippen LogP contribution in [0, 0.1) is 0 Å². The van der Waals surface area contributed by atoms with Gasteiger partial charge in [0.15, 0.2) is 11.5 Å². The van der Waals surface area contributed by atoms with Crippen LogP contribution in [0.1, 0.15) is 5.56 Å². The summed E-state index contributed by atoms with van der Waals surface area (Å²) in [6.45, 7) is 0. The first-order valence-corrected chi connectivity index (χ1v) is 3.97. The maximum atomic E-state index is 8.48. The molecule has 0 saturated heterocycles. The Balaban J connectivity index is 2.63. The van der Waals surface area contributed by atoms with Gasteiger partial charge < -0.3 is 15.5 Å². The second-order valence-corrected chi connectivity index (χ2v) is 2.91. The molecule has 0 aliphatic carbocycles. The van der Waals surface area contributed by atoms with E-state index in [1.54, 1.807) is 23.2 Å². The number of aryl methyl sites for hydroxylation is 1. The third kappa shape index (κ3) is 1.17. The Labute approximate surface area is 79.7 Å². The van der Waals surface area contributed by atoms with Gasteiger partial charge in [-0.25, -0.2) is 9.97 Å². The van der Waals surface area contributed by atoms with E-state index in [2.05, 4.69) is 15.1 Å². The number of pyridine rings is 1. The molecular weight excluding hydrogens is 182 g/mol. The molecule has 6 heteroatoms. The topological polar surface area (TPSA) is 89.3 Å². The molecule has 0 amide bonds. The van der Waals surface area contributed by atoms with Gasteiger partial charge in [0.2, 0.25) is 0 Å². The zero-order valence-electron chi connectivity index (χ0n) is 7.55. The molecule has 0 fully saturated rings. The molecule has 0 atom stereocenters. The molecule has 0 radical (unpaired) electrons. The molecule has 0 saturated carbocycles. The van der Waals surface area contributed by atoms with Crippen molar-refractivity contribution >= 4 is 17.0 Å². The van der Waals surface area contributed by atoms with Crippen molar-refractivity contribution in [2.45, 2.75) is 0 Å². The fourth-order valence-corrected chi connectivity index (χ4v) is 1.21. The van der Waals surface area contributed by atoms with Crippen molar-refractivity contribution in [1.82, 2.24) is 14.5 Å². The van der Waals surface area contributed by atoms with Crippen LogP contribution >= 0.6 is 0 Å². The number of hydrogen-bond donors (Lipinski definition) is 2. The van der Waals surface area contributed by atoms with Crippen LogP contribution in [0.2, 0.25) is 0 Å². The number of amidine groups is 1. The van der Waals surface area contributed by atoms with Crippen molar-refractivity contribution in [1.29, 1.82) is 0 Å². The van der Waals surface area contributed by atoms with Crippen LogP contribution in [0.15, 0.2) is 23.7 Å². The van der Waals surface area contributed by atoms with Gasteiger partial charge in [-0.2, -0.15) is 0 Å². The summed E-state index contributed by atoms with van der Waals surface area (Å²) in [6, 6.07) is 1.72. The number of nitrogens with two attached hydrogens (primary N) is 1. The van der Waals surface area contributed by atoms with Crippen LogP contribution in [0.25, 0.3) is 11.2 Å². The summed E-state index contributed by atoms with van der Waals surface area (Å²) in [6.07, 6.45) is 3.20. The molecule has 0 spiro atoms. The standard InChI is InChI=1S/C8H9N5O/c1-13-4-11-6-2-5(7(9)12-14)3-10-8(6)13/h2-4,14H,1H3,(H2,9,12). The predicted molar refractivity (Wildman–Crippen MR) is 51.0 cm³/mol. The maximum Gasteiger partial charge on any atom is 0.171 e. The molecule has 0 bridgehead atoms. The average molecular weight is 191 g/mol. The molecule has 6 nitrogen and oxygen atoms in total. The van der Waals surface area contributed by atoms with Crippen LogP contribution in [-0.2, 0) is 7.05 Å². The van der Waals surface area contributed by atoms with E-state index < -0.39 is 0 Å². The van der Waals surface area contributed by atoms with Crippen LogP contribution in [-0.4, -0.2) is 25.6 Å². The summed E-state index contributed by atoms with van der Waals surface area (Å²) in [4.78, 5) is 8.24. The van der Waals surface area contributed by atoms with Crippen LogP contribution in [0.5, 0.6) is 0 Å². The molecule has 2 rings (SSSR count). The number of oxime groups is 1. The minimum absolute atomic E-state index is 0.0325. The monoisotopic (exact) mass is 191 g/mol. The fraction of sp³-hybridized carbons (Fsp3) is 0.125. The van der Waals surface area contributed by atoms with Gasteiger partial charge in [-0.15, -0.1) is 0 Å². The van der Waals surface area contributed by atoms with E-state index in [1.165, 1.54) is 0 Å². The Morgan fingerprint density at radius 2 is 2.36 bits per heavy atom. The zero-order chi connectivity index (χ0) is 10.1. The quantitative estimate of drug-likeness (QED) is 0.289. The molecule has 0 aromatic carbocycles. The fourth-order valence-electron chi connectivity index (χ4n) is 1.21. The third-order valence-electron chi connectivity index (χ3n) is 1.95. The Morgan fingerprint density at radius 1 is 1.57 bits per heavy atom. The first kappa shape index (κ1) is 8.49. The normalized spacial score (nSPS) is 12.2. The minimum atomic E-state index is 0.0325. The van der Waals surface area contributed by atoms with Gasteiger partial charge >= 0.3 is 0 Å². The Bertz CT molecular complexity index is 501. The molecule has 0 aliphatic heterocycles. The lowest BCUT2D eigenvalue weighted by Gasteiger charge is -1.97. The van der Waals surface area contributed by atoms with E-state index in [0.717, 1.165) is 11.2 Å². The minimum Gasteiger partial charge on any atom is -0.409 e. The molecule has 72 valence electrons. The first-order valence-electron chi connectivity index (χ1n) is 3.97. The van der Waals surface area contributed by atoms with E-state index in [-0.39, 0.29) is 5.84 Å². The van der Waals surface area contributed by atoms with Gasteiger partial charge in [0.25, 0.3) is 0 Å². The summed E-state index contributed by atoms with van der Waals surface area (Å²) >= 11 is 0. The molecular formula is C8H9N5O. The van der Waals surface area contributed by atoms with Crippen molar-refractivity contribution in [3.63, 3.8) is 0 Å². The van der Waals surface area contributed by atoms with Crippen LogP contribution < -0.4 is 5.73 Å². The lowest BCUT2D eigenvalue weighted by atomic mass is 10.2. The van der Waals surface area contributed by atoms with E-state index in [4.69, 9.17) is 10.9 Å². The highest BCUT2D eigenvalue weighted by atomic mass is 16.4. The first-order chi connectivity index (χ1) is 6.72. The average Bonchev–Trinajstić information content (AvgIpc) is 2.59. The number of rotatable bonds is 1. The highest BCUT2D eigenvalue weighted by Gasteiger charge is 2.04. The lowest BCUT2D eigenvalue weighted by molar-refractivity contribution is 0.318. The largest absolute Gasteiger partial charge is 0.409 e. The van der Waals surface area contributed by atoms with Gasteiger partial charge in [0, 0.05) is 18.8 Å². The van der Waals surface area contributed by atoms with Gasteiger partial charge in [-0.05, 0) is 6.07 Å². The molecule has 14 heavy (non-hydrogen) atoms. The van der Waals surface area contributed by atoms with E-state index in [1.807, 2.05) is 7.05 Å². The van der Waals surface area contributed by atoms with Crippen molar-refractivity contribution < 1.29 is 5.21 Å². The summed E-state index contributed by atoms with van der Waals surface area (Å²) in [5.41, 5.74) is 7.45. The summed E-state index contributed by atoms with van der Waals surface area (Å²) in [5.74, 6) is 0.0325. The Morgan fingerprint density at radius 3 is 3.07 bits per heavy atom. The van der Waals surface area contributed by atoms with Gasteiger partial charge in [0.05, 0.1) is 6.33 Å². The Kier molecular flexibility index (Phi) is 1.81. The molecule has 2 aromatic heterocycles. The van der Waals surface area contributed by atoms with Gasteiger partial charge in [-0.1, -0.05) is 5.16 Å². The number of nitrogens with zero attached hydrogens (tertiary/aromatic N) is 4. The Hall–Kier alpha value is -2.11. The smallest absolute Gasteiger partial charge is 0.171 e. The van der Waals surface area contributed by atoms with Crippen molar-refractivity contribution in [3.05, 3.63) is 24.2 Å². The van der Waals surface area contributed by atoms with Crippen LogP contribution in [0.3, 0.4) is 0 Å².